The van der Waals surface area contributed by atoms with Gasteiger partial charge >= 0.3 is 0 Å². The molecule has 0 bridgehead atoms. The predicted octanol–water partition coefficient (Wildman–Crippen LogP) is 0.406. The van der Waals surface area contributed by atoms with Gasteiger partial charge in [-0.1, -0.05) is 5.02 Å². The summed E-state index contributed by atoms with van der Waals surface area (Å²) in [4.78, 5) is 0. The van der Waals surface area contributed by atoms with Gasteiger partial charge in [0.25, 0.3) is 0 Å². The lowest BCUT2D eigenvalue weighted by Gasteiger charge is -2.22. The highest BCUT2D eigenvalue weighted by Gasteiger charge is 2.04. The van der Waals surface area contributed by atoms with Crippen LogP contribution in [0.15, 0.2) is 0 Å². The topological polar surface area (TPSA) is 99.3 Å². The summed E-state index contributed by atoms with van der Waals surface area (Å²) in [6, 6.07) is 0. The van der Waals surface area contributed by atoms with Crippen LogP contribution in [0.5, 0.6) is 0 Å². The molecule has 0 aromatic heterocycles. The molecule has 0 spiro atoms. The molecule has 0 aliphatic rings. The standard InChI is InChI=1S/C5H15NO2P.HN2O2/c1-6(2,3)4-5-8-9-7;1-2(3)4/h4-5,9H2,1-3H3;(H-,1,3,4)/q+1;-1. The van der Waals surface area contributed by atoms with Gasteiger partial charge in [0.15, 0.2) is 8.69 Å². The molecule has 0 saturated carbocycles. The highest BCUT2D eigenvalue weighted by atomic mass is 31.1. The van der Waals surface area contributed by atoms with Crippen LogP contribution in [-0.4, -0.2) is 43.8 Å². The van der Waals surface area contributed by atoms with Gasteiger partial charge in [0, 0.05) is 0 Å². The molecule has 8 heteroatoms. The molecule has 0 rings (SSSR count). The van der Waals surface area contributed by atoms with Gasteiger partial charge in [0.05, 0.1) is 21.1 Å². The van der Waals surface area contributed by atoms with E-state index in [2.05, 4.69) is 21.1 Å². The average Bonchev–Trinajstić information content (AvgIpc) is 1.83. The lowest BCUT2D eigenvalue weighted by Crippen LogP contribution is -2.37. The summed E-state index contributed by atoms with van der Waals surface area (Å²) < 4.78 is 15.5. The minimum absolute atomic E-state index is 0.600. The lowest BCUT2D eigenvalue weighted by atomic mass is 10.5. The van der Waals surface area contributed by atoms with Crippen LogP contribution >= 0.6 is 8.69 Å². The van der Waals surface area contributed by atoms with Crippen molar-refractivity contribution in [1.82, 2.24) is 0 Å². The summed E-state index contributed by atoms with van der Waals surface area (Å²) in [5.74, 6) is 0. The number of nitrogens with one attached hydrogen (secondary N) is 1. The van der Waals surface area contributed by atoms with E-state index in [0.29, 0.717) is 6.61 Å². The maximum atomic E-state index is 9.87. The van der Waals surface area contributed by atoms with Gasteiger partial charge in [-0.05, 0) is 5.53 Å². The number of hydrogen-bond acceptors (Lipinski definition) is 5. The monoisotopic (exact) mass is 213 g/mol. The van der Waals surface area contributed by atoms with Gasteiger partial charge in [-0.25, -0.2) is 0 Å². The van der Waals surface area contributed by atoms with Gasteiger partial charge in [-0.3, -0.25) is 4.57 Å². The second kappa shape index (κ2) is 7.97. The maximum Gasteiger partial charge on any atom is 0.180 e. The Morgan fingerprint density at radius 2 is 1.85 bits per heavy atom. The normalized spacial score (nSPS) is 11.0. The van der Waals surface area contributed by atoms with Crippen LogP contribution in [0.3, 0.4) is 0 Å². The van der Waals surface area contributed by atoms with Gasteiger partial charge in [-0.15, -0.1) is 0 Å². The maximum absolute atomic E-state index is 9.87. The van der Waals surface area contributed by atoms with E-state index in [0.717, 1.165) is 11.0 Å². The summed E-state index contributed by atoms with van der Waals surface area (Å²) in [5, 5.41) is 15.7. The van der Waals surface area contributed by atoms with Gasteiger partial charge in [-0.2, -0.15) is 0 Å². The average molecular weight is 213 g/mol. The van der Waals surface area contributed by atoms with Crippen molar-refractivity contribution in [2.45, 2.75) is 0 Å². The Kier molecular flexibility index (Phi) is 9.11. The minimum atomic E-state index is -1.25. The van der Waals surface area contributed by atoms with Crippen molar-refractivity contribution in [2.75, 3.05) is 34.3 Å². The fourth-order valence-corrected chi connectivity index (χ4v) is 0.576. The second-order valence-electron chi connectivity index (χ2n) is 3.24. The van der Waals surface area contributed by atoms with E-state index in [-0.39, 0.29) is 0 Å². The zero-order chi connectivity index (χ0) is 10.9. The molecular formula is C5H16N3O4P. The first-order valence-corrected chi connectivity index (χ1v) is 4.45. The van der Waals surface area contributed by atoms with Crippen molar-refractivity contribution < 1.29 is 18.6 Å². The van der Waals surface area contributed by atoms with Crippen molar-refractivity contribution in [3.05, 3.63) is 10.4 Å². The molecule has 1 N–H and O–H groups in total. The molecule has 0 heterocycles. The Morgan fingerprint density at radius 3 is 2.08 bits per heavy atom. The Balaban J connectivity index is 0. The van der Waals surface area contributed by atoms with E-state index >= 15 is 0 Å². The van der Waals surface area contributed by atoms with Crippen LogP contribution in [-0.2, 0) is 9.09 Å². The smallest absolute Gasteiger partial charge is 0.180 e. The molecule has 0 aromatic rings. The lowest BCUT2D eigenvalue weighted by molar-refractivity contribution is -0.870. The van der Waals surface area contributed by atoms with Crippen molar-refractivity contribution in [2.24, 2.45) is 0 Å². The first-order chi connectivity index (χ1) is 5.79. The molecule has 80 valence electrons. The van der Waals surface area contributed by atoms with E-state index < -0.39 is 13.7 Å². The molecule has 0 saturated heterocycles. The molecular weight excluding hydrogens is 197 g/mol. The van der Waals surface area contributed by atoms with E-state index in [4.69, 9.17) is 20.5 Å². The highest BCUT2D eigenvalue weighted by Crippen LogP contribution is 1.96. The fraction of sp³-hybridized carbons (Fsp3) is 1.00. The fourth-order valence-electron chi connectivity index (χ4n) is 0.375. The van der Waals surface area contributed by atoms with Gasteiger partial charge in [0.2, 0.25) is 0 Å². The van der Waals surface area contributed by atoms with E-state index in [1.807, 2.05) is 0 Å². The molecule has 0 aliphatic carbocycles. The summed E-state index contributed by atoms with van der Waals surface area (Å²) >= 11 is 0. The zero-order valence-corrected chi connectivity index (χ0v) is 9.17. The van der Waals surface area contributed by atoms with Crippen LogP contribution < -0.4 is 0 Å². The summed E-state index contributed by atoms with van der Waals surface area (Å²) in [7, 11) is 5.20. The summed E-state index contributed by atoms with van der Waals surface area (Å²) in [5.41, 5.74) is 5.31. The third-order valence-corrected chi connectivity index (χ3v) is 1.32. The van der Waals surface area contributed by atoms with E-state index in [1.165, 1.54) is 0 Å². The molecule has 0 aromatic carbocycles. The first kappa shape index (κ1) is 14.9. The molecule has 1 atom stereocenters. The summed E-state index contributed by atoms with van der Waals surface area (Å²) in [6.45, 7) is 1.51. The Morgan fingerprint density at radius 1 is 1.46 bits per heavy atom. The van der Waals surface area contributed by atoms with Gasteiger partial charge in [0.1, 0.15) is 13.2 Å². The molecule has 0 fully saturated rings. The Labute approximate surface area is 78.4 Å². The first-order valence-electron chi connectivity index (χ1n) is 3.51. The zero-order valence-electron chi connectivity index (χ0n) is 8.02. The molecule has 0 radical (unpaired) electrons. The number of likely N-dealkylation sites (N-methyl/N-ethyl adjacent to an activating group) is 1. The van der Waals surface area contributed by atoms with E-state index in [1.54, 1.807) is 0 Å². The third kappa shape index (κ3) is 34.7. The van der Waals surface area contributed by atoms with Gasteiger partial charge < -0.3 is 19.4 Å². The van der Waals surface area contributed by atoms with Crippen LogP contribution in [0, 0.1) is 15.9 Å². The number of hydrogen-bond donors (Lipinski definition) is 1. The van der Waals surface area contributed by atoms with Crippen LogP contribution in [0.25, 0.3) is 0 Å². The minimum Gasteiger partial charge on any atom is -0.588 e. The number of quaternary nitrogens is 1. The van der Waals surface area contributed by atoms with Crippen molar-refractivity contribution >= 4 is 8.69 Å². The molecule has 1 unspecified atom stereocenters. The van der Waals surface area contributed by atoms with Crippen molar-refractivity contribution in [1.29, 1.82) is 5.53 Å². The summed E-state index contributed by atoms with van der Waals surface area (Å²) in [6.07, 6.45) is 0. The second-order valence-corrected chi connectivity index (χ2v) is 3.76. The molecule has 0 aliphatic heterocycles. The van der Waals surface area contributed by atoms with Crippen LogP contribution in [0.4, 0.5) is 0 Å². The van der Waals surface area contributed by atoms with Crippen molar-refractivity contribution in [3.63, 3.8) is 0 Å². The highest BCUT2D eigenvalue weighted by molar-refractivity contribution is 7.17. The van der Waals surface area contributed by atoms with Crippen molar-refractivity contribution in [3.8, 4) is 0 Å². The Bertz CT molecular complexity index is 154. The third-order valence-electron chi connectivity index (χ3n) is 0.948. The van der Waals surface area contributed by atoms with Crippen LogP contribution in [0.1, 0.15) is 0 Å². The molecule has 0 amide bonds. The Hall–Kier alpha value is -0.650. The number of rotatable bonds is 4. The predicted molar refractivity (Wildman–Crippen MR) is 49.0 cm³/mol. The molecule has 7 nitrogen and oxygen atoms in total. The number of nitrogens with zero attached hydrogens (tertiary/aromatic N) is 2. The quantitative estimate of drug-likeness (QED) is 0.240. The van der Waals surface area contributed by atoms with E-state index in [9.17, 15) is 4.57 Å². The SMILES string of the molecule is C[N+](C)(C)CCO[PH2]=O.N=[N+]([O-])[O-]. The van der Waals surface area contributed by atoms with Crippen LogP contribution in [0.2, 0.25) is 0 Å². The largest absolute Gasteiger partial charge is 0.588 e. The molecule has 13 heavy (non-hydrogen) atoms.